The second kappa shape index (κ2) is 5.41. The van der Waals surface area contributed by atoms with Gasteiger partial charge in [-0.1, -0.05) is 18.2 Å². The number of anilines is 1. The Bertz CT molecular complexity index is 781. The van der Waals surface area contributed by atoms with Crippen molar-refractivity contribution >= 4 is 33.2 Å². The standard InChI is InChI=1S/C15H12N2O3S/c16-9-4-3-6-11(14(9)15(18)19)20-8-13-17-10-5-1-2-7-12(10)21-13/h1-7H,8,16H2,(H,18,19). The van der Waals surface area contributed by atoms with Crippen LogP contribution in [0.2, 0.25) is 0 Å². The van der Waals surface area contributed by atoms with E-state index in [1.54, 1.807) is 12.1 Å². The number of carboxylic acid groups (broad SMARTS) is 1. The van der Waals surface area contributed by atoms with Crippen molar-refractivity contribution in [3.63, 3.8) is 0 Å². The van der Waals surface area contributed by atoms with Crippen LogP contribution in [-0.4, -0.2) is 16.1 Å². The molecular formula is C15H12N2O3S. The van der Waals surface area contributed by atoms with Gasteiger partial charge in [0.25, 0.3) is 0 Å². The van der Waals surface area contributed by atoms with Crippen molar-refractivity contribution in [3.05, 3.63) is 53.0 Å². The molecular weight excluding hydrogens is 288 g/mol. The van der Waals surface area contributed by atoms with Crippen molar-refractivity contribution in [1.82, 2.24) is 4.98 Å². The zero-order valence-electron chi connectivity index (χ0n) is 10.9. The van der Waals surface area contributed by atoms with Gasteiger partial charge < -0.3 is 15.6 Å². The lowest BCUT2D eigenvalue weighted by molar-refractivity contribution is 0.0693. The highest BCUT2D eigenvalue weighted by atomic mass is 32.1. The molecule has 6 heteroatoms. The first-order chi connectivity index (χ1) is 10.1. The summed E-state index contributed by atoms with van der Waals surface area (Å²) in [6.45, 7) is 0.211. The number of fused-ring (bicyclic) bond motifs is 1. The number of aromatic nitrogens is 1. The maximum Gasteiger partial charge on any atom is 0.341 e. The van der Waals surface area contributed by atoms with Crippen LogP contribution in [0.25, 0.3) is 10.2 Å². The summed E-state index contributed by atoms with van der Waals surface area (Å²) in [6, 6.07) is 12.6. The molecule has 0 aliphatic heterocycles. The van der Waals surface area contributed by atoms with Gasteiger partial charge in [0.1, 0.15) is 22.9 Å². The van der Waals surface area contributed by atoms with Crippen molar-refractivity contribution in [1.29, 1.82) is 0 Å². The highest BCUT2D eigenvalue weighted by molar-refractivity contribution is 7.18. The largest absolute Gasteiger partial charge is 0.485 e. The average molecular weight is 300 g/mol. The van der Waals surface area contributed by atoms with E-state index in [0.29, 0.717) is 0 Å². The fourth-order valence-corrected chi connectivity index (χ4v) is 2.90. The number of hydrogen-bond acceptors (Lipinski definition) is 5. The summed E-state index contributed by atoms with van der Waals surface area (Å²) in [7, 11) is 0. The Morgan fingerprint density at radius 3 is 2.81 bits per heavy atom. The Kier molecular flexibility index (Phi) is 3.45. The van der Waals surface area contributed by atoms with Crippen molar-refractivity contribution in [2.45, 2.75) is 6.61 Å². The minimum absolute atomic E-state index is 0.0152. The number of nitrogen functional groups attached to an aromatic ring is 1. The fraction of sp³-hybridized carbons (Fsp3) is 0.0667. The highest BCUT2D eigenvalue weighted by Gasteiger charge is 2.15. The number of nitrogens with zero attached hydrogens (tertiary/aromatic N) is 1. The molecule has 0 unspecified atom stereocenters. The SMILES string of the molecule is Nc1cccc(OCc2nc3ccccc3s2)c1C(=O)O. The van der Waals surface area contributed by atoms with E-state index in [9.17, 15) is 9.90 Å². The first kappa shape index (κ1) is 13.4. The highest BCUT2D eigenvalue weighted by Crippen LogP contribution is 2.27. The molecule has 0 saturated carbocycles. The summed E-state index contributed by atoms with van der Waals surface area (Å²) < 4.78 is 6.65. The molecule has 21 heavy (non-hydrogen) atoms. The summed E-state index contributed by atoms with van der Waals surface area (Å²) in [5.74, 6) is -0.853. The van der Waals surface area contributed by atoms with Crippen LogP contribution in [-0.2, 0) is 6.61 Å². The Balaban J connectivity index is 1.85. The van der Waals surface area contributed by atoms with Crippen molar-refractivity contribution in [3.8, 4) is 5.75 Å². The Morgan fingerprint density at radius 1 is 1.24 bits per heavy atom. The first-order valence-corrected chi connectivity index (χ1v) is 7.06. The molecule has 5 nitrogen and oxygen atoms in total. The van der Waals surface area contributed by atoms with Crippen LogP contribution in [0.1, 0.15) is 15.4 Å². The van der Waals surface area contributed by atoms with E-state index in [1.165, 1.54) is 17.4 Å². The molecule has 0 fully saturated rings. The summed E-state index contributed by atoms with van der Waals surface area (Å²) in [5.41, 5.74) is 6.76. The number of benzene rings is 2. The van der Waals surface area contributed by atoms with Crippen LogP contribution in [0.15, 0.2) is 42.5 Å². The van der Waals surface area contributed by atoms with E-state index in [1.807, 2.05) is 24.3 Å². The lowest BCUT2D eigenvalue weighted by atomic mass is 10.1. The van der Waals surface area contributed by atoms with Gasteiger partial charge in [0.2, 0.25) is 0 Å². The number of aromatic carboxylic acids is 1. The molecule has 0 atom stereocenters. The molecule has 0 aliphatic rings. The van der Waals surface area contributed by atoms with Gasteiger partial charge in [0.05, 0.1) is 10.2 Å². The van der Waals surface area contributed by atoms with E-state index < -0.39 is 5.97 Å². The minimum atomic E-state index is -1.10. The number of rotatable bonds is 4. The summed E-state index contributed by atoms with van der Waals surface area (Å²) in [5, 5.41) is 9.97. The van der Waals surface area contributed by atoms with E-state index in [4.69, 9.17) is 10.5 Å². The Hall–Kier alpha value is -2.60. The molecule has 0 spiro atoms. The topological polar surface area (TPSA) is 85.4 Å². The first-order valence-electron chi connectivity index (χ1n) is 6.24. The maximum atomic E-state index is 11.2. The molecule has 106 valence electrons. The Labute approximate surface area is 124 Å². The number of carboxylic acids is 1. The zero-order chi connectivity index (χ0) is 14.8. The molecule has 0 bridgehead atoms. The quantitative estimate of drug-likeness (QED) is 0.723. The smallest absolute Gasteiger partial charge is 0.341 e. The number of carbonyl (C=O) groups is 1. The molecule has 3 rings (SSSR count). The molecule has 3 N–H and O–H groups in total. The third-order valence-corrected chi connectivity index (χ3v) is 3.97. The maximum absolute atomic E-state index is 11.2. The van der Waals surface area contributed by atoms with Gasteiger partial charge >= 0.3 is 5.97 Å². The van der Waals surface area contributed by atoms with Gasteiger partial charge in [-0.25, -0.2) is 9.78 Å². The summed E-state index contributed by atoms with van der Waals surface area (Å²) >= 11 is 1.52. The number of thiazole rings is 1. The molecule has 0 aliphatic carbocycles. The molecule has 1 aromatic heterocycles. The van der Waals surface area contributed by atoms with Gasteiger partial charge in [-0.2, -0.15) is 0 Å². The van der Waals surface area contributed by atoms with Crippen molar-refractivity contribution < 1.29 is 14.6 Å². The van der Waals surface area contributed by atoms with Crippen LogP contribution in [0, 0.1) is 0 Å². The van der Waals surface area contributed by atoms with E-state index >= 15 is 0 Å². The van der Waals surface area contributed by atoms with Crippen molar-refractivity contribution in [2.24, 2.45) is 0 Å². The lowest BCUT2D eigenvalue weighted by Crippen LogP contribution is -2.06. The molecule has 1 heterocycles. The van der Waals surface area contributed by atoms with Crippen LogP contribution >= 0.6 is 11.3 Å². The fourth-order valence-electron chi connectivity index (χ4n) is 2.02. The van der Waals surface area contributed by atoms with Gasteiger partial charge in [0, 0.05) is 5.69 Å². The third-order valence-electron chi connectivity index (χ3n) is 2.96. The van der Waals surface area contributed by atoms with Crippen LogP contribution in [0.3, 0.4) is 0 Å². The monoisotopic (exact) mass is 300 g/mol. The Morgan fingerprint density at radius 2 is 2.05 bits per heavy atom. The van der Waals surface area contributed by atoms with Gasteiger partial charge in [-0.05, 0) is 24.3 Å². The van der Waals surface area contributed by atoms with Gasteiger partial charge in [-0.15, -0.1) is 11.3 Å². The second-order valence-electron chi connectivity index (χ2n) is 4.39. The number of hydrogen-bond donors (Lipinski definition) is 2. The van der Waals surface area contributed by atoms with Gasteiger partial charge in [0.15, 0.2) is 0 Å². The molecule has 2 aromatic carbocycles. The zero-order valence-corrected chi connectivity index (χ0v) is 11.8. The van der Waals surface area contributed by atoms with Gasteiger partial charge in [-0.3, -0.25) is 0 Å². The summed E-state index contributed by atoms with van der Waals surface area (Å²) in [4.78, 5) is 15.7. The van der Waals surface area contributed by atoms with E-state index in [-0.39, 0.29) is 23.6 Å². The van der Waals surface area contributed by atoms with Crippen LogP contribution in [0.4, 0.5) is 5.69 Å². The lowest BCUT2D eigenvalue weighted by Gasteiger charge is -2.09. The van der Waals surface area contributed by atoms with Crippen LogP contribution < -0.4 is 10.5 Å². The predicted molar refractivity (Wildman–Crippen MR) is 81.8 cm³/mol. The molecule has 3 aromatic rings. The molecule has 0 radical (unpaired) electrons. The van der Waals surface area contributed by atoms with Crippen molar-refractivity contribution in [2.75, 3.05) is 5.73 Å². The van der Waals surface area contributed by atoms with E-state index in [2.05, 4.69) is 4.98 Å². The third kappa shape index (κ3) is 2.66. The number of ether oxygens (including phenoxy) is 1. The molecule has 0 saturated heterocycles. The normalized spacial score (nSPS) is 10.7. The predicted octanol–water partition coefficient (Wildman–Crippen LogP) is 3.16. The average Bonchev–Trinajstić information content (AvgIpc) is 2.87. The summed E-state index contributed by atoms with van der Waals surface area (Å²) in [6.07, 6.45) is 0. The second-order valence-corrected chi connectivity index (χ2v) is 5.50. The number of para-hydroxylation sites is 1. The van der Waals surface area contributed by atoms with Crippen LogP contribution in [0.5, 0.6) is 5.75 Å². The minimum Gasteiger partial charge on any atom is -0.485 e. The van der Waals surface area contributed by atoms with E-state index in [0.717, 1.165) is 15.2 Å². The number of nitrogens with two attached hydrogens (primary N) is 1. The molecule has 0 amide bonds.